The van der Waals surface area contributed by atoms with Gasteiger partial charge in [0.1, 0.15) is 11.2 Å². The van der Waals surface area contributed by atoms with Crippen LogP contribution in [0.3, 0.4) is 0 Å². The fourth-order valence-corrected chi connectivity index (χ4v) is 8.04. The molecule has 0 aliphatic carbocycles. The number of pyridine rings is 1. The van der Waals surface area contributed by atoms with Crippen LogP contribution in [-0.2, 0) is 0 Å². The summed E-state index contributed by atoms with van der Waals surface area (Å²) < 4.78 is 8.93. The molecule has 6 aromatic carbocycles. The average Bonchev–Trinajstić information content (AvgIpc) is 3.74. The highest BCUT2D eigenvalue weighted by molar-refractivity contribution is 7.26. The van der Waals surface area contributed by atoms with Crippen molar-refractivity contribution in [2.75, 3.05) is 0 Å². The van der Waals surface area contributed by atoms with Crippen molar-refractivity contribution in [1.82, 2.24) is 15.0 Å². The Morgan fingerprint density at radius 2 is 1.17 bits per heavy atom. The highest BCUT2D eigenvalue weighted by atomic mass is 32.1. The summed E-state index contributed by atoms with van der Waals surface area (Å²) in [4.78, 5) is 15.4. The third kappa shape index (κ3) is 4.25. The first kappa shape index (κ1) is 27.0. The number of fused-ring (bicyclic) bond motifs is 8. The van der Waals surface area contributed by atoms with E-state index >= 15 is 0 Å². The van der Waals surface area contributed by atoms with E-state index in [0.29, 0.717) is 5.82 Å². The van der Waals surface area contributed by atoms with Gasteiger partial charge in [-0.25, -0.2) is 15.0 Å². The van der Waals surface area contributed by atoms with Crippen LogP contribution in [0, 0.1) is 0 Å². The molecule has 0 atom stereocenters. The third-order valence-electron chi connectivity index (χ3n) is 9.11. The maximum absolute atomic E-state index is 6.42. The zero-order chi connectivity index (χ0) is 31.6. The lowest BCUT2D eigenvalue weighted by Gasteiger charge is -2.11. The van der Waals surface area contributed by atoms with Crippen LogP contribution >= 0.6 is 11.3 Å². The SMILES string of the molecule is c1ccc(-c2nc(-c3ccc(-c4nc5ccccc5c5oc6ccccc6c45)cc3)cc(-c3cccc4c3sc3ccccc34)n2)cc1. The molecule has 0 fully saturated rings. The van der Waals surface area contributed by atoms with Gasteiger partial charge in [0.25, 0.3) is 0 Å². The monoisotopic (exact) mass is 631 g/mol. The van der Waals surface area contributed by atoms with Crippen LogP contribution in [0.2, 0.25) is 0 Å². The molecule has 0 radical (unpaired) electrons. The highest BCUT2D eigenvalue weighted by Crippen LogP contribution is 2.42. The van der Waals surface area contributed by atoms with Crippen molar-refractivity contribution in [2.45, 2.75) is 0 Å². The minimum atomic E-state index is 0.702. The van der Waals surface area contributed by atoms with Gasteiger partial charge in [-0.15, -0.1) is 11.3 Å². The summed E-state index contributed by atoms with van der Waals surface area (Å²) in [6.45, 7) is 0. The molecule has 0 spiro atoms. The van der Waals surface area contributed by atoms with Gasteiger partial charge in [0.2, 0.25) is 0 Å². The zero-order valence-corrected chi connectivity index (χ0v) is 26.4. The first-order chi connectivity index (χ1) is 23.8. The van der Waals surface area contributed by atoms with Gasteiger partial charge in [0.15, 0.2) is 5.82 Å². The van der Waals surface area contributed by atoms with E-state index in [9.17, 15) is 0 Å². The summed E-state index contributed by atoms with van der Waals surface area (Å²) in [5.74, 6) is 0.702. The van der Waals surface area contributed by atoms with Gasteiger partial charge in [-0.2, -0.15) is 0 Å². The number of furan rings is 1. The second-order valence-corrected chi connectivity index (χ2v) is 13.0. The Bertz CT molecular complexity index is 2830. The predicted molar refractivity (Wildman–Crippen MR) is 199 cm³/mol. The topological polar surface area (TPSA) is 51.8 Å². The smallest absolute Gasteiger partial charge is 0.160 e. The molecule has 10 aromatic rings. The van der Waals surface area contributed by atoms with Crippen LogP contribution in [0.25, 0.3) is 98.2 Å². The van der Waals surface area contributed by atoms with Gasteiger partial charge < -0.3 is 4.42 Å². The fraction of sp³-hybridized carbons (Fsp3) is 0. The van der Waals surface area contributed by atoms with Gasteiger partial charge in [-0.1, -0.05) is 121 Å². The molecule has 10 rings (SSSR count). The number of thiophene rings is 1. The molecule has 0 N–H and O–H groups in total. The van der Waals surface area contributed by atoms with Crippen LogP contribution < -0.4 is 0 Å². The second-order valence-electron chi connectivity index (χ2n) is 12.0. The number of nitrogens with zero attached hydrogens (tertiary/aromatic N) is 3. The van der Waals surface area contributed by atoms with E-state index in [1.807, 2.05) is 59.9 Å². The van der Waals surface area contributed by atoms with Crippen LogP contribution in [0.15, 0.2) is 156 Å². The minimum Gasteiger partial charge on any atom is -0.455 e. The molecule has 0 aliphatic rings. The molecule has 0 bridgehead atoms. The quantitative estimate of drug-likeness (QED) is 0.194. The molecule has 5 heteroatoms. The Balaban J connectivity index is 1.15. The molecule has 0 aliphatic heterocycles. The summed E-state index contributed by atoms with van der Waals surface area (Å²) in [6, 6.07) is 52.4. The maximum Gasteiger partial charge on any atom is 0.160 e. The number of benzene rings is 6. The van der Waals surface area contributed by atoms with Gasteiger partial charge in [0, 0.05) is 53.2 Å². The van der Waals surface area contributed by atoms with Crippen LogP contribution in [0.5, 0.6) is 0 Å². The largest absolute Gasteiger partial charge is 0.455 e. The van der Waals surface area contributed by atoms with Gasteiger partial charge in [-0.05, 0) is 30.3 Å². The molecule has 4 heterocycles. The molecule has 0 saturated carbocycles. The molecular weight excluding hydrogens is 607 g/mol. The van der Waals surface area contributed by atoms with Crippen LogP contribution in [0.1, 0.15) is 0 Å². The van der Waals surface area contributed by atoms with E-state index in [0.717, 1.165) is 72.2 Å². The Labute approximate surface area is 279 Å². The summed E-state index contributed by atoms with van der Waals surface area (Å²) in [5, 5.41) is 5.63. The molecule has 0 saturated heterocycles. The van der Waals surface area contributed by atoms with E-state index < -0.39 is 0 Å². The predicted octanol–water partition coefficient (Wildman–Crippen LogP) is 12.0. The van der Waals surface area contributed by atoms with Gasteiger partial charge >= 0.3 is 0 Å². The third-order valence-corrected chi connectivity index (χ3v) is 10.3. The van der Waals surface area contributed by atoms with Gasteiger partial charge in [0.05, 0.1) is 28.0 Å². The number of hydrogen-bond acceptors (Lipinski definition) is 5. The summed E-state index contributed by atoms with van der Waals surface area (Å²) in [7, 11) is 0. The molecule has 48 heavy (non-hydrogen) atoms. The zero-order valence-electron chi connectivity index (χ0n) is 25.6. The second kappa shape index (κ2) is 10.7. The number of para-hydroxylation sites is 2. The van der Waals surface area contributed by atoms with E-state index in [4.69, 9.17) is 19.4 Å². The lowest BCUT2D eigenvalue weighted by Crippen LogP contribution is -1.96. The minimum absolute atomic E-state index is 0.702. The molecule has 0 unspecified atom stereocenters. The van der Waals surface area contributed by atoms with Crippen LogP contribution in [-0.4, -0.2) is 15.0 Å². The normalized spacial score (nSPS) is 11.8. The summed E-state index contributed by atoms with van der Waals surface area (Å²) in [5.41, 5.74) is 9.44. The van der Waals surface area contributed by atoms with E-state index in [1.54, 1.807) is 0 Å². The first-order valence-corrected chi connectivity index (χ1v) is 16.8. The first-order valence-electron chi connectivity index (χ1n) is 15.9. The summed E-state index contributed by atoms with van der Waals surface area (Å²) in [6.07, 6.45) is 0. The lowest BCUT2D eigenvalue weighted by atomic mass is 10.00. The lowest BCUT2D eigenvalue weighted by molar-refractivity contribution is 0.672. The van der Waals surface area contributed by atoms with E-state index in [-0.39, 0.29) is 0 Å². The Hall–Kier alpha value is -6.17. The Kier molecular flexibility index (Phi) is 6.01. The van der Waals surface area contributed by atoms with Crippen molar-refractivity contribution in [1.29, 1.82) is 0 Å². The fourth-order valence-electron chi connectivity index (χ4n) is 6.82. The van der Waals surface area contributed by atoms with Crippen molar-refractivity contribution in [2.24, 2.45) is 0 Å². The maximum atomic E-state index is 6.42. The number of aromatic nitrogens is 3. The molecule has 4 aromatic heterocycles. The van der Waals surface area contributed by atoms with Crippen molar-refractivity contribution >= 4 is 64.4 Å². The van der Waals surface area contributed by atoms with E-state index in [2.05, 4.69) is 103 Å². The molecule has 224 valence electrons. The van der Waals surface area contributed by atoms with E-state index in [1.165, 1.54) is 20.2 Å². The van der Waals surface area contributed by atoms with Crippen molar-refractivity contribution in [3.63, 3.8) is 0 Å². The van der Waals surface area contributed by atoms with Crippen molar-refractivity contribution in [3.05, 3.63) is 152 Å². The number of rotatable bonds is 4. The summed E-state index contributed by atoms with van der Waals surface area (Å²) >= 11 is 1.81. The Morgan fingerprint density at radius 1 is 0.479 bits per heavy atom. The number of hydrogen-bond donors (Lipinski definition) is 0. The molecule has 4 nitrogen and oxygen atoms in total. The van der Waals surface area contributed by atoms with Crippen molar-refractivity contribution in [3.8, 4) is 45.2 Å². The molecular formula is C43H25N3OS. The van der Waals surface area contributed by atoms with Gasteiger partial charge in [-0.3, -0.25) is 0 Å². The van der Waals surface area contributed by atoms with Crippen molar-refractivity contribution < 1.29 is 4.42 Å². The highest BCUT2D eigenvalue weighted by Gasteiger charge is 2.19. The average molecular weight is 632 g/mol. The molecule has 0 amide bonds. The Morgan fingerprint density at radius 3 is 2.04 bits per heavy atom. The van der Waals surface area contributed by atoms with Crippen LogP contribution in [0.4, 0.5) is 0 Å². The standard InChI is InChI=1S/C43H25N3OS/c1-2-11-28(12-3-1)43-45-35(25-36(46-43)32-17-10-16-30-29-13-6-9-20-38(29)48-42(30)32)26-21-23-27(24-22-26)40-39-33-15-5-8-19-37(33)47-41(39)31-14-4-7-18-34(31)44-40/h1-25H.